The fourth-order valence-corrected chi connectivity index (χ4v) is 3.42. The van der Waals surface area contributed by atoms with Gasteiger partial charge in [-0.15, -0.1) is 0 Å². The van der Waals surface area contributed by atoms with E-state index in [0.717, 1.165) is 17.7 Å². The fraction of sp³-hybridized carbons (Fsp3) is 0.500. The van der Waals surface area contributed by atoms with Crippen LogP contribution >= 0.6 is 0 Å². The molecule has 4 amide bonds. The summed E-state index contributed by atoms with van der Waals surface area (Å²) in [5.41, 5.74) is 2.60. The molecule has 0 atom stereocenters. The Morgan fingerprint density at radius 3 is 2.36 bits per heavy atom. The van der Waals surface area contributed by atoms with E-state index in [1.165, 1.54) is 0 Å². The molecule has 1 saturated heterocycles. The number of hydrogen-bond acceptors (Lipinski definition) is 3. The first-order valence-electron chi connectivity index (χ1n) is 8.74. The molecular formula is C18H24N4O3. The average molecular weight is 344 g/mol. The Morgan fingerprint density at radius 1 is 1.04 bits per heavy atom. The lowest BCUT2D eigenvalue weighted by Crippen LogP contribution is -2.53. The molecule has 134 valence electrons. The van der Waals surface area contributed by atoms with Crippen LogP contribution in [0.4, 0.5) is 10.5 Å². The molecule has 0 radical (unpaired) electrons. The summed E-state index contributed by atoms with van der Waals surface area (Å²) in [6.07, 6.45) is 0.779. The Labute approximate surface area is 147 Å². The van der Waals surface area contributed by atoms with Gasteiger partial charge in [0.2, 0.25) is 5.91 Å². The fourth-order valence-electron chi connectivity index (χ4n) is 3.42. The molecule has 2 aliphatic rings. The van der Waals surface area contributed by atoms with Gasteiger partial charge in [0.25, 0.3) is 5.91 Å². The van der Waals surface area contributed by atoms with Crippen LogP contribution in [-0.4, -0.2) is 66.9 Å². The first-order valence-corrected chi connectivity index (χ1v) is 8.74. The third-order valence-corrected chi connectivity index (χ3v) is 4.78. The predicted octanol–water partition coefficient (Wildman–Crippen LogP) is 1.08. The number of fused-ring (bicyclic) bond motifs is 1. The molecule has 7 heteroatoms. The maximum absolute atomic E-state index is 12.7. The third-order valence-electron chi connectivity index (χ3n) is 4.78. The number of carbonyl (C=O) groups excluding carboxylic acids is 3. The highest BCUT2D eigenvalue weighted by Crippen LogP contribution is 2.29. The molecule has 3 rings (SSSR count). The summed E-state index contributed by atoms with van der Waals surface area (Å²) >= 11 is 0. The van der Waals surface area contributed by atoms with Crippen LogP contribution < -0.4 is 10.2 Å². The minimum absolute atomic E-state index is 0.0142. The number of carbonyl (C=O) groups is 3. The zero-order valence-electron chi connectivity index (χ0n) is 14.7. The van der Waals surface area contributed by atoms with Crippen LogP contribution in [0.1, 0.15) is 29.8 Å². The number of nitrogens with one attached hydrogen (secondary N) is 1. The second kappa shape index (κ2) is 7.13. The highest BCUT2D eigenvalue weighted by molar-refractivity contribution is 5.98. The molecule has 0 bridgehead atoms. The van der Waals surface area contributed by atoms with E-state index in [1.54, 1.807) is 27.7 Å². The lowest BCUT2D eigenvalue weighted by atomic mass is 10.1. The van der Waals surface area contributed by atoms with E-state index in [2.05, 4.69) is 5.32 Å². The second-order valence-electron chi connectivity index (χ2n) is 6.38. The van der Waals surface area contributed by atoms with Gasteiger partial charge in [-0.3, -0.25) is 9.59 Å². The molecule has 2 heterocycles. The SMILES string of the molecule is CCNC(=O)N1CCN(C(=O)c2ccc3c(c2)CCN3C(C)=O)CC1. The summed E-state index contributed by atoms with van der Waals surface area (Å²) in [5.74, 6) is 0.0129. The average Bonchev–Trinajstić information content (AvgIpc) is 3.05. The molecule has 0 unspecified atom stereocenters. The molecule has 1 N–H and O–H groups in total. The quantitative estimate of drug-likeness (QED) is 0.873. The lowest BCUT2D eigenvalue weighted by molar-refractivity contribution is -0.116. The van der Waals surface area contributed by atoms with E-state index in [4.69, 9.17) is 0 Å². The minimum atomic E-state index is -0.0727. The zero-order valence-corrected chi connectivity index (χ0v) is 14.7. The van der Waals surface area contributed by atoms with E-state index in [-0.39, 0.29) is 17.8 Å². The summed E-state index contributed by atoms with van der Waals surface area (Å²) in [4.78, 5) is 41.5. The van der Waals surface area contributed by atoms with Gasteiger partial charge in [-0.2, -0.15) is 0 Å². The number of rotatable bonds is 2. The van der Waals surface area contributed by atoms with Crippen LogP contribution in [0.15, 0.2) is 18.2 Å². The smallest absolute Gasteiger partial charge is 0.317 e. The van der Waals surface area contributed by atoms with Crippen molar-refractivity contribution in [2.24, 2.45) is 0 Å². The van der Waals surface area contributed by atoms with Crippen LogP contribution in [0.25, 0.3) is 0 Å². The molecule has 1 aromatic carbocycles. The monoisotopic (exact) mass is 344 g/mol. The minimum Gasteiger partial charge on any atom is -0.338 e. The Kier molecular flexibility index (Phi) is 4.92. The van der Waals surface area contributed by atoms with Gasteiger partial charge in [-0.1, -0.05) is 0 Å². The van der Waals surface area contributed by atoms with Crippen molar-refractivity contribution in [2.75, 3.05) is 44.2 Å². The van der Waals surface area contributed by atoms with Crippen LogP contribution in [-0.2, 0) is 11.2 Å². The van der Waals surface area contributed by atoms with Crippen molar-refractivity contribution in [2.45, 2.75) is 20.3 Å². The van der Waals surface area contributed by atoms with Crippen LogP contribution in [0.5, 0.6) is 0 Å². The van der Waals surface area contributed by atoms with E-state index >= 15 is 0 Å². The highest BCUT2D eigenvalue weighted by atomic mass is 16.2. The van der Waals surface area contributed by atoms with Crippen molar-refractivity contribution in [3.8, 4) is 0 Å². The number of amides is 4. The molecule has 7 nitrogen and oxygen atoms in total. The summed E-state index contributed by atoms with van der Waals surface area (Å²) in [7, 11) is 0. The van der Waals surface area contributed by atoms with E-state index in [0.29, 0.717) is 44.8 Å². The van der Waals surface area contributed by atoms with Gasteiger partial charge in [0, 0.05) is 57.4 Å². The van der Waals surface area contributed by atoms with Gasteiger partial charge < -0.3 is 20.0 Å². The van der Waals surface area contributed by atoms with Gasteiger partial charge >= 0.3 is 6.03 Å². The van der Waals surface area contributed by atoms with E-state index in [9.17, 15) is 14.4 Å². The number of hydrogen-bond donors (Lipinski definition) is 1. The molecule has 1 aromatic rings. The number of benzene rings is 1. The lowest BCUT2D eigenvalue weighted by Gasteiger charge is -2.34. The van der Waals surface area contributed by atoms with Crippen LogP contribution in [0.2, 0.25) is 0 Å². The number of anilines is 1. The van der Waals surface area contributed by atoms with Gasteiger partial charge in [0.1, 0.15) is 0 Å². The largest absolute Gasteiger partial charge is 0.338 e. The van der Waals surface area contributed by atoms with Crippen molar-refractivity contribution < 1.29 is 14.4 Å². The maximum atomic E-state index is 12.7. The van der Waals surface area contributed by atoms with Crippen molar-refractivity contribution in [3.63, 3.8) is 0 Å². The Morgan fingerprint density at radius 2 is 1.72 bits per heavy atom. The summed E-state index contributed by atoms with van der Waals surface area (Å²) in [6, 6.07) is 5.48. The molecule has 2 aliphatic heterocycles. The summed E-state index contributed by atoms with van der Waals surface area (Å²) in [6.45, 7) is 6.87. The number of urea groups is 1. The number of nitrogens with zero attached hydrogens (tertiary/aromatic N) is 3. The topological polar surface area (TPSA) is 73.0 Å². The molecule has 0 spiro atoms. The molecule has 0 aliphatic carbocycles. The van der Waals surface area contributed by atoms with Crippen molar-refractivity contribution in [3.05, 3.63) is 29.3 Å². The first kappa shape index (κ1) is 17.3. The highest BCUT2D eigenvalue weighted by Gasteiger charge is 2.27. The van der Waals surface area contributed by atoms with Gasteiger partial charge in [0.15, 0.2) is 0 Å². The molecule has 0 saturated carbocycles. The Hall–Kier alpha value is -2.57. The van der Waals surface area contributed by atoms with Crippen LogP contribution in [0.3, 0.4) is 0 Å². The molecule has 1 fully saturated rings. The summed E-state index contributed by atoms with van der Waals surface area (Å²) in [5, 5.41) is 2.78. The van der Waals surface area contributed by atoms with Gasteiger partial charge in [0.05, 0.1) is 0 Å². The van der Waals surface area contributed by atoms with Crippen molar-refractivity contribution >= 4 is 23.5 Å². The third kappa shape index (κ3) is 3.45. The van der Waals surface area contributed by atoms with Crippen molar-refractivity contribution in [1.29, 1.82) is 0 Å². The molecule has 0 aromatic heterocycles. The predicted molar refractivity (Wildman–Crippen MR) is 94.7 cm³/mol. The Balaban J connectivity index is 1.65. The summed E-state index contributed by atoms with van der Waals surface area (Å²) < 4.78 is 0. The normalized spacial score (nSPS) is 16.6. The molecule has 25 heavy (non-hydrogen) atoms. The van der Waals surface area contributed by atoms with Gasteiger partial charge in [-0.25, -0.2) is 4.79 Å². The molecular weight excluding hydrogens is 320 g/mol. The van der Waals surface area contributed by atoms with E-state index in [1.807, 2.05) is 19.1 Å². The van der Waals surface area contributed by atoms with E-state index < -0.39 is 0 Å². The van der Waals surface area contributed by atoms with Crippen molar-refractivity contribution in [1.82, 2.24) is 15.1 Å². The maximum Gasteiger partial charge on any atom is 0.317 e. The van der Waals surface area contributed by atoms with Crippen LogP contribution in [0, 0.1) is 0 Å². The standard InChI is InChI=1S/C18H24N4O3/c1-3-19-18(25)21-10-8-20(9-11-21)17(24)15-4-5-16-14(12-15)6-7-22(16)13(2)23/h4-5,12H,3,6-11H2,1-2H3,(H,19,25). The van der Waals surface area contributed by atoms with Gasteiger partial charge in [-0.05, 0) is 37.1 Å². The Bertz CT molecular complexity index is 696. The zero-order chi connectivity index (χ0) is 18.0. The second-order valence-corrected chi connectivity index (χ2v) is 6.38. The first-order chi connectivity index (χ1) is 12.0. The number of piperazine rings is 1.